The number of fused-ring (bicyclic) bond motifs is 1. The second-order valence-electron chi connectivity index (χ2n) is 5.02. The molecule has 5 heteroatoms. The number of rotatable bonds is 3. The van der Waals surface area contributed by atoms with Crippen molar-refractivity contribution < 1.29 is 9.47 Å². The van der Waals surface area contributed by atoms with Gasteiger partial charge in [0, 0.05) is 31.1 Å². The van der Waals surface area contributed by atoms with Gasteiger partial charge in [-0.2, -0.15) is 0 Å². The van der Waals surface area contributed by atoms with E-state index < -0.39 is 0 Å². The van der Waals surface area contributed by atoms with Crippen LogP contribution < -0.4 is 14.8 Å². The van der Waals surface area contributed by atoms with Gasteiger partial charge in [-0.25, -0.2) is 4.98 Å². The fraction of sp³-hybridized carbons (Fsp3) is 0.400. The van der Waals surface area contributed by atoms with E-state index in [-0.39, 0.29) is 12.1 Å². The van der Waals surface area contributed by atoms with Crippen molar-refractivity contribution in [1.82, 2.24) is 14.9 Å². The molecule has 1 aliphatic rings. The summed E-state index contributed by atoms with van der Waals surface area (Å²) in [5.41, 5.74) is 2.26. The van der Waals surface area contributed by atoms with Gasteiger partial charge in [-0.1, -0.05) is 6.07 Å². The van der Waals surface area contributed by atoms with Crippen LogP contribution in [0.4, 0.5) is 0 Å². The molecule has 1 N–H and O–H groups in total. The minimum atomic E-state index is -0.000411. The summed E-state index contributed by atoms with van der Waals surface area (Å²) in [6.07, 6.45) is 4.55. The average Bonchev–Trinajstić information content (AvgIpc) is 2.91. The van der Waals surface area contributed by atoms with E-state index in [1.807, 2.05) is 37.0 Å². The molecule has 1 aromatic heterocycles. The van der Waals surface area contributed by atoms with Gasteiger partial charge >= 0.3 is 0 Å². The van der Waals surface area contributed by atoms with Crippen LogP contribution in [0.2, 0.25) is 0 Å². The molecule has 2 heterocycles. The second-order valence-corrected chi connectivity index (χ2v) is 5.02. The average molecular weight is 273 g/mol. The molecule has 0 saturated heterocycles. The third-order valence-electron chi connectivity index (χ3n) is 3.85. The Bertz CT molecular complexity index is 609. The largest absolute Gasteiger partial charge is 0.497 e. The Morgan fingerprint density at radius 2 is 2.30 bits per heavy atom. The first-order valence-corrected chi connectivity index (χ1v) is 6.71. The lowest BCUT2D eigenvalue weighted by molar-refractivity contribution is 0.146. The van der Waals surface area contributed by atoms with Gasteiger partial charge in [0.05, 0.1) is 25.3 Å². The second kappa shape index (κ2) is 5.17. The van der Waals surface area contributed by atoms with Gasteiger partial charge in [-0.15, -0.1) is 0 Å². The highest BCUT2D eigenvalue weighted by Crippen LogP contribution is 2.41. The quantitative estimate of drug-likeness (QED) is 0.931. The van der Waals surface area contributed by atoms with Crippen molar-refractivity contribution in [3.63, 3.8) is 0 Å². The SMILES string of the molecule is CNC1CC(c2cncn2C)Oc2cc(OC)ccc21. The van der Waals surface area contributed by atoms with Gasteiger partial charge in [0.25, 0.3) is 0 Å². The Balaban J connectivity index is 1.98. The maximum Gasteiger partial charge on any atom is 0.142 e. The molecule has 0 saturated carbocycles. The smallest absolute Gasteiger partial charge is 0.142 e. The molecule has 0 fully saturated rings. The number of ether oxygens (including phenoxy) is 2. The van der Waals surface area contributed by atoms with Crippen LogP contribution in [-0.4, -0.2) is 23.7 Å². The lowest BCUT2D eigenvalue weighted by atomic mass is 9.95. The number of methoxy groups -OCH3 is 1. The highest BCUT2D eigenvalue weighted by molar-refractivity contribution is 5.44. The van der Waals surface area contributed by atoms with Crippen molar-refractivity contribution >= 4 is 0 Å². The molecule has 0 aliphatic carbocycles. The van der Waals surface area contributed by atoms with Crippen LogP contribution in [0.5, 0.6) is 11.5 Å². The maximum atomic E-state index is 6.15. The first-order valence-electron chi connectivity index (χ1n) is 6.71. The predicted octanol–water partition coefficient (Wildman–Crippen LogP) is 2.21. The van der Waals surface area contributed by atoms with E-state index >= 15 is 0 Å². The third kappa shape index (κ3) is 2.14. The van der Waals surface area contributed by atoms with E-state index in [0.29, 0.717) is 0 Å². The van der Waals surface area contributed by atoms with Crippen molar-refractivity contribution in [3.8, 4) is 11.5 Å². The molecule has 5 nitrogen and oxygen atoms in total. The number of nitrogens with zero attached hydrogens (tertiary/aromatic N) is 2. The van der Waals surface area contributed by atoms with Crippen molar-refractivity contribution in [3.05, 3.63) is 42.0 Å². The van der Waals surface area contributed by atoms with E-state index in [0.717, 1.165) is 23.6 Å². The van der Waals surface area contributed by atoms with E-state index in [2.05, 4.69) is 16.4 Å². The monoisotopic (exact) mass is 273 g/mol. The molecule has 2 atom stereocenters. The van der Waals surface area contributed by atoms with Crippen LogP contribution in [0.1, 0.15) is 29.8 Å². The number of aromatic nitrogens is 2. The van der Waals surface area contributed by atoms with Gasteiger partial charge in [0.15, 0.2) is 0 Å². The van der Waals surface area contributed by atoms with Crippen molar-refractivity contribution in [2.75, 3.05) is 14.2 Å². The van der Waals surface area contributed by atoms with Gasteiger partial charge in [-0.3, -0.25) is 0 Å². The van der Waals surface area contributed by atoms with Crippen molar-refractivity contribution in [1.29, 1.82) is 0 Å². The summed E-state index contributed by atoms with van der Waals surface area (Å²) < 4.78 is 13.4. The summed E-state index contributed by atoms with van der Waals surface area (Å²) in [5, 5.41) is 3.36. The van der Waals surface area contributed by atoms with E-state index in [4.69, 9.17) is 9.47 Å². The molecular weight excluding hydrogens is 254 g/mol. The molecule has 0 bridgehead atoms. The Morgan fingerprint density at radius 3 is 2.95 bits per heavy atom. The number of hydrogen-bond donors (Lipinski definition) is 1. The summed E-state index contributed by atoms with van der Waals surface area (Å²) in [7, 11) is 5.63. The van der Waals surface area contributed by atoms with Gasteiger partial charge in [-0.05, 0) is 13.1 Å². The third-order valence-corrected chi connectivity index (χ3v) is 3.85. The molecule has 2 unspecified atom stereocenters. The zero-order chi connectivity index (χ0) is 14.1. The number of nitrogens with one attached hydrogen (secondary N) is 1. The minimum Gasteiger partial charge on any atom is -0.497 e. The summed E-state index contributed by atoms with van der Waals surface area (Å²) in [4.78, 5) is 4.18. The summed E-state index contributed by atoms with van der Waals surface area (Å²) >= 11 is 0. The lowest BCUT2D eigenvalue weighted by Gasteiger charge is -2.32. The predicted molar refractivity (Wildman–Crippen MR) is 76.0 cm³/mol. The standard InChI is InChI=1S/C15H19N3O2/c1-16-12-7-15(13-8-17-9-18(13)2)20-14-6-10(19-3)4-5-11(12)14/h4-6,8-9,12,15-16H,7H2,1-3H3. The van der Waals surface area contributed by atoms with Crippen LogP contribution >= 0.6 is 0 Å². The van der Waals surface area contributed by atoms with Crippen LogP contribution in [0, 0.1) is 0 Å². The maximum absolute atomic E-state index is 6.15. The van der Waals surface area contributed by atoms with Crippen LogP contribution in [0.3, 0.4) is 0 Å². The molecular formula is C15H19N3O2. The Kier molecular flexibility index (Phi) is 3.36. The normalized spacial score (nSPS) is 21.1. The van der Waals surface area contributed by atoms with Gasteiger partial charge in [0.2, 0.25) is 0 Å². The highest BCUT2D eigenvalue weighted by atomic mass is 16.5. The van der Waals surface area contributed by atoms with E-state index in [1.165, 1.54) is 5.56 Å². The number of hydrogen-bond acceptors (Lipinski definition) is 4. The van der Waals surface area contributed by atoms with Crippen molar-refractivity contribution in [2.24, 2.45) is 7.05 Å². The molecule has 106 valence electrons. The Labute approximate surface area is 118 Å². The minimum absolute atomic E-state index is 0.000411. The van der Waals surface area contributed by atoms with Crippen LogP contribution in [0.15, 0.2) is 30.7 Å². The first kappa shape index (κ1) is 13.0. The number of benzene rings is 1. The summed E-state index contributed by atoms with van der Waals surface area (Å²) in [6, 6.07) is 6.25. The van der Waals surface area contributed by atoms with Gasteiger partial charge < -0.3 is 19.4 Å². The molecule has 20 heavy (non-hydrogen) atoms. The van der Waals surface area contributed by atoms with Gasteiger partial charge in [0.1, 0.15) is 17.6 Å². The molecule has 0 spiro atoms. The first-order chi connectivity index (χ1) is 9.72. The summed E-state index contributed by atoms with van der Waals surface area (Å²) in [5.74, 6) is 1.69. The molecule has 0 amide bonds. The van der Waals surface area contributed by atoms with E-state index in [9.17, 15) is 0 Å². The van der Waals surface area contributed by atoms with Crippen LogP contribution in [-0.2, 0) is 7.05 Å². The van der Waals surface area contributed by atoms with Crippen LogP contribution in [0.25, 0.3) is 0 Å². The van der Waals surface area contributed by atoms with E-state index in [1.54, 1.807) is 13.4 Å². The lowest BCUT2D eigenvalue weighted by Crippen LogP contribution is -2.27. The fourth-order valence-electron chi connectivity index (χ4n) is 2.71. The Morgan fingerprint density at radius 1 is 1.45 bits per heavy atom. The number of imidazole rings is 1. The summed E-state index contributed by atoms with van der Waals surface area (Å²) in [6.45, 7) is 0. The zero-order valence-electron chi connectivity index (χ0n) is 12.0. The molecule has 1 aliphatic heterocycles. The molecule has 0 radical (unpaired) electrons. The molecule has 3 rings (SSSR count). The fourth-order valence-corrected chi connectivity index (χ4v) is 2.71. The molecule has 2 aromatic rings. The molecule has 1 aromatic carbocycles. The Hall–Kier alpha value is -2.01. The zero-order valence-corrected chi connectivity index (χ0v) is 12.0. The van der Waals surface area contributed by atoms with Crippen molar-refractivity contribution in [2.45, 2.75) is 18.6 Å². The number of aryl methyl sites for hydroxylation is 1. The highest BCUT2D eigenvalue weighted by Gasteiger charge is 2.30. The topological polar surface area (TPSA) is 48.3 Å².